The summed E-state index contributed by atoms with van der Waals surface area (Å²) in [5.74, 6) is 0. The van der Waals surface area contributed by atoms with Gasteiger partial charge in [-0.1, -0.05) is 0 Å². The van der Waals surface area contributed by atoms with Crippen molar-refractivity contribution in [1.82, 2.24) is 4.98 Å². The molecule has 2 unspecified atom stereocenters. The van der Waals surface area contributed by atoms with E-state index in [0.717, 1.165) is 5.56 Å². The topological polar surface area (TPSA) is 105 Å². The predicted molar refractivity (Wildman–Crippen MR) is 58.0 cm³/mol. The van der Waals surface area contributed by atoms with Crippen LogP contribution < -0.4 is 11.5 Å². The number of nitrogens with two attached hydrogens (primary N) is 2. The van der Waals surface area contributed by atoms with Crippen molar-refractivity contribution >= 4 is 5.69 Å². The van der Waals surface area contributed by atoms with E-state index in [0.29, 0.717) is 24.3 Å². The van der Waals surface area contributed by atoms with E-state index in [9.17, 15) is 10.2 Å². The lowest BCUT2D eigenvalue weighted by Gasteiger charge is -2.18. The summed E-state index contributed by atoms with van der Waals surface area (Å²) >= 11 is 0. The highest BCUT2D eigenvalue weighted by atomic mass is 16.3. The molecule has 0 amide bonds. The fraction of sp³-hybridized carbons (Fsp3) is 0.500. The second-order valence-corrected chi connectivity index (χ2v) is 3.56. The summed E-state index contributed by atoms with van der Waals surface area (Å²) in [4.78, 5) is 4.01. The summed E-state index contributed by atoms with van der Waals surface area (Å²) in [7, 11) is 0. The Labute approximate surface area is 88.7 Å². The van der Waals surface area contributed by atoms with Gasteiger partial charge in [-0.3, -0.25) is 4.98 Å². The lowest BCUT2D eigenvalue weighted by Crippen LogP contribution is -2.23. The molecule has 0 aromatic carbocycles. The van der Waals surface area contributed by atoms with Gasteiger partial charge in [0.05, 0.1) is 23.7 Å². The molecule has 6 N–H and O–H groups in total. The van der Waals surface area contributed by atoms with Crippen LogP contribution in [-0.2, 0) is 0 Å². The van der Waals surface area contributed by atoms with Crippen LogP contribution in [0.4, 0.5) is 5.69 Å². The molecule has 2 atom stereocenters. The molecular formula is C10H17N3O2. The van der Waals surface area contributed by atoms with E-state index in [1.807, 2.05) is 0 Å². The van der Waals surface area contributed by atoms with Crippen molar-refractivity contribution in [2.24, 2.45) is 5.73 Å². The lowest BCUT2D eigenvalue weighted by molar-refractivity contribution is 0.0121. The minimum Gasteiger partial charge on any atom is -0.397 e. The summed E-state index contributed by atoms with van der Waals surface area (Å²) in [5.41, 5.74) is 12.6. The highest BCUT2D eigenvalue weighted by molar-refractivity contribution is 5.40. The molecule has 1 heterocycles. The molecule has 0 radical (unpaired) electrons. The number of anilines is 1. The van der Waals surface area contributed by atoms with Crippen LogP contribution >= 0.6 is 0 Å². The van der Waals surface area contributed by atoms with Gasteiger partial charge in [-0.2, -0.15) is 0 Å². The first-order valence-electron chi connectivity index (χ1n) is 4.84. The zero-order chi connectivity index (χ0) is 11.4. The average molecular weight is 211 g/mol. The van der Waals surface area contributed by atoms with Crippen LogP contribution in [0.15, 0.2) is 12.3 Å². The summed E-state index contributed by atoms with van der Waals surface area (Å²) in [6.45, 7) is 2.11. The number of aliphatic hydroxyl groups is 2. The average Bonchev–Trinajstić information content (AvgIpc) is 2.17. The Hall–Kier alpha value is -1.17. The van der Waals surface area contributed by atoms with E-state index in [1.165, 1.54) is 6.20 Å². The molecule has 0 fully saturated rings. The van der Waals surface area contributed by atoms with Crippen molar-refractivity contribution in [2.75, 3.05) is 12.3 Å². The third-order valence-electron chi connectivity index (χ3n) is 2.25. The minimum absolute atomic E-state index is 0.326. The Kier molecular flexibility index (Phi) is 4.02. The van der Waals surface area contributed by atoms with Crippen LogP contribution in [0.1, 0.15) is 23.8 Å². The number of hydrogen-bond donors (Lipinski definition) is 4. The predicted octanol–water partition coefficient (Wildman–Crippen LogP) is -0.285. The van der Waals surface area contributed by atoms with Crippen LogP contribution in [0, 0.1) is 6.92 Å². The number of aliphatic hydroxyl groups excluding tert-OH is 2. The zero-order valence-electron chi connectivity index (χ0n) is 8.72. The molecule has 0 saturated carbocycles. The summed E-state index contributed by atoms with van der Waals surface area (Å²) in [6, 6.07) is 1.71. The van der Waals surface area contributed by atoms with Gasteiger partial charge in [0.2, 0.25) is 0 Å². The second-order valence-electron chi connectivity index (χ2n) is 3.56. The molecule has 1 aromatic rings. The standard InChI is InChI=1S/C10H17N3O2/c1-6-4-7(12)5-13-9(6)10(15)8(14)2-3-11/h4-5,8,10,14-15H,2-3,11-12H2,1H3. The van der Waals surface area contributed by atoms with Crippen LogP contribution in [-0.4, -0.2) is 27.8 Å². The molecule has 5 heteroatoms. The molecule has 15 heavy (non-hydrogen) atoms. The second kappa shape index (κ2) is 5.06. The molecule has 0 saturated heterocycles. The van der Waals surface area contributed by atoms with E-state index < -0.39 is 12.2 Å². The Morgan fingerprint density at radius 2 is 2.13 bits per heavy atom. The Morgan fingerprint density at radius 1 is 1.47 bits per heavy atom. The van der Waals surface area contributed by atoms with Crippen molar-refractivity contribution in [2.45, 2.75) is 25.6 Å². The first kappa shape index (κ1) is 11.9. The molecule has 0 bridgehead atoms. The molecule has 1 rings (SSSR count). The molecule has 0 aliphatic rings. The summed E-state index contributed by atoms with van der Waals surface area (Å²) in [5, 5.41) is 19.3. The lowest BCUT2D eigenvalue weighted by atomic mass is 10.0. The highest BCUT2D eigenvalue weighted by Gasteiger charge is 2.20. The molecule has 0 aliphatic heterocycles. The number of nitrogen functional groups attached to an aromatic ring is 1. The SMILES string of the molecule is Cc1cc(N)cnc1C(O)C(O)CCN. The van der Waals surface area contributed by atoms with Crippen LogP contribution in [0.3, 0.4) is 0 Å². The number of aryl methyl sites for hydroxylation is 1. The van der Waals surface area contributed by atoms with E-state index in [2.05, 4.69) is 4.98 Å². The van der Waals surface area contributed by atoms with Gasteiger partial charge in [-0.05, 0) is 31.5 Å². The number of aromatic nitrogens is 1. The van der Waals surface area contributed by atoms with Gasteiger partial charge >= 0.3 is 0 Å². The van der Waals surface area contributed by atoms with Gasteiger partial charge in [-0.15, -0.1) is 0 Å². The summed E-state index contributed by atoms with van der Waals surface area (Å²) in [6.07, 6.45) is -0.0908. The Balaban J connectivity index is 2.86. The first-order valence-corrected chi connectivity index (χ1v) is 4.84. The third-order valence-corrected chi connectivity index (χ3v) is 2.25. The maximum absolute atomic E-state index is 9.78. The fourth-order valence-electron chi connectivity index (χ4n) is 1.43. The highest BCUT2D eigenvalue weighted by Crippen LogP contribution is 2.21. The van der Waals surface area contributed by atoms with Crippen LogP contribution in [0.5, 0.6) is 0 Å². The van der Waals surface area contributed by atoms with Crippen molar-refractivity contribution in [3.8, 4) is 0 Å². The van der Waals surface area contributed by atoms with E-state index in [4.69, 9.17) is 11.5 Å². The van der Waals surface area contributed by atoms with Gasteiger partial charge in [-0.25, -0.2) is 0 Å². The van der Waals surface area contributed by atoms with Gasteiger partial charge in [0.25, 0.3) is 0 Å². The molecule has 84 valence electrons. The Morgan fingerprint density at radius 3 is 2.67 bits per heavy atom. The van der Waals surface area contributed by atoms with Crippen molar-refractivity contribution in [3.05, 3.63) is 23.5 Å². The maximum atomic E-state index is 9.78. The number of nitrogens with zero attached hydrogens (tertiary/aromatic N) is 1. The van der Waals surface area contributed by atoms with Crippen LogP contribution in [0.25, 0.3) is 0 Å². The fourth-order valence-corrected chi connectivity index (χ4v) is 1.43. The van der Waals surface area contributed by atoms with E-state index in [-0.39, 0.29) is 0 Å². The van der Waals surface area contributed by atoms with Crippen molar-refractivity contribution in [3.63, 3.8) is 0 Å². The van der Waals surface area contributed by atoms with Gasteiger partial charge < -0.3 is 21.7 Å². The number of pyridine rings is 1. The Bertz CT molecular complexity index is 330. The third kappa shape index (κ3) is 2.89. The zero-order valence-corrected chi connectivity index (χ0v) is 8.72. The monoisotopic (exact) mass is 211 g/mol. The quantitative estimate of drug-likeness (QED) is 0.548. The number of rotatable bonds is 4. The first-order chi connectivity index (χ1) is 7.06. The maximum Gasteiger partial charge on any atom is 0.122 e. The normalized spacial score (nSPS) is 14.9. The van der Waals surface area contributed by atoms with Gasteiger partial charge in [0.15, 0.2) is 0 Å². The minimum atomic E-state index is -1.01. The van der Waals surface area contributed by atoms with Crippen molar-refractivity contribution < 1.29 is 10.2 Å². The van der Waals surface area contributed by atoms with Gasteiger partial charge in [0, 0.05) is 0 Å². The molecule has 1 aromatic heterocycles. The summed E-state index contributed by atoms with van der Waals surface area (Å²) < 4.78 is 0. The number of hydrogen-bond acceptors (Lipinski definition) is 5. The largest absolute Gasteiger partial charge is 0.397 e. The molecular weight excluding hydrogens is 194 g/mol. The molecule has 0 spiro atoms. The molecule has 0 aliphatic carbocycles. The van der Waals surface area contributed by atoms with Gasteiger partial charge in [0.1, 0.15) is 6.10 Å². The van der Waals surface area contributed by atoms with E-state index >= 15 is 0 Å². The van der Waals surface area contributed by atoms with E-state index in [1.54, 1.807) is 13.0 Å². The smallest absolute Gasteiger partial charge is 0.122 e. The van der Waals surface area contributed by atoms with Crippen molar-refractivity contribution in [1.29, 1.82) is 0 Å². The van der Waals surface area contributed by atoms with Crippen LogP contribution in [0.2, 0.25) is 0 Å². The molecule has 5 nitrogen and oxygen atoms in total.